The second-order valence-corrected chi connectivity index (χ2v) is 68.7. The van der Waals surface area contributed by atoms with Crippen molar-refractivity contribution in [2.75, 3.05) is 0 Å². The molecule has 0 aromatic heterocycles. The molecule has 0 nitrogen and oxygen atoms in total. The van der Waals surface area contributed by atoms with E-state index in [0.29, 0.717) is 0 Å². The first kappa shape index (κ1) is 51.1. The van der Waals surface area contributed by atoms with Gasteiger partial charge in [-0.15, -0.1) is 0 Å². The Morgan fingerprint density at radius 2 is 0.894 bits per heavy atom. The fourth-order valence-electron chi connectivity index (χ4n) is 10.9. The molecule has 0 spiro atoms. The van der Waals surface area contributed by atoms with Gasteiger partial charge in [0, 0.05) is 0 Å². The summed E-state index contributed by atoms with van der Waals surface area (Å²) in [7, 11) is 18.2. The third-order valence-corrected chi connectivity index (χ3v) is 67.3. The van der Waals surface area contributed by atoms with Crippen LogP contribution in [-0.2, 0) is 42.6 Å². The maximum absolute atomic E-state index is 9.09. The van der Waals surface area contributed by atoms with Crippen molar-refractivity contribution in [1.29, 1.82) is 0 Å². The number of benzene rings is 5. The van der Waals surface area contributed by atoms with E-state index < -0.39 is 21.5 Å². The number of hydrogen-bond acceptors (Lipinski definition) is 0. The molecule has 0 saturated heterocycles. The van der Waals surface area contributed by atoms with Crippen molar-refractivity contribution in [3.63, 3.8) is 0 Å². The number of halogens is 2. The van der Waals surface area contributed by atoms with E-state index in [-0.39, 0.29) is 40.2 Å². The molecule has 0 N–H and O–H groups in total. The number of fused-ring (bicyclic) bond motifs is 2. The van der Waals surface area contributed by atoms with Crippen LogP contribution in [0.25, 0.3) is 45.5 Å². The van der Waals surface area contributed by atoms with Gasteiger partial charge >= 0.3 is 414 Å². The van der Waals surface area contributed by atoms with Gasteiger partial charge in [0.05, 0.1) is 0 Å². The summed E-state index contributed by atoms with van der Waals surface area (Å²) < 4.78 is -0.0335. The summed E-state index contributed by atoms with van der Waals surface area (Å²) >= 11 is -5.16. The monoisotopic (exact) mass is 1010 g/mol. The Morgan fingerprint density at radius 3 is 1.33 bits per heavy atom. The summed E-state index contributed by atoms with van der Waals surface area (Å²) in [6, 6.07) is 36.0. The van der Waals surface area contributed by atoms with Crippen molar-refractivity contribution < 1.29 is 15.6 Å². The van der Waals surface area contributed by atoms with E-state index in [9.17, 15) is 0 Å². The van der Waals surface area contributed by atoms with Crippen LogP contribution >= 0.6 is 17.0 Å². The molecule has 5 aromatic carbocycles. The quantitative estimate of drug-likeness (QED) is 0.143. The van der Waals surface area contributed by atoms with Crippen molar-refractivity contribution >= 4 is 35.1 Å². The van der Waals surface area contributed by atoms with Crippen LogP contribution in [0.4, 0.5) is 0 Å². The summed E-state index contributed by atoms with van der Waals surface area (Å²) in [6.07, 6.45) is 5.02. The van der Waals surface area contributed by atoms with Gasteiger partial charge in [0.25, 0.3) is 0 Å². The van der Waals surface area contributed by atoms with E-state index in [4.69, 9.17) is 17.0 Å². The van der Waals surface area contributed by atoms with Crippen molar-refractivity contribution in [2.45, 2.75) is 172 Å². The zero-order chi connectivity index (χ0) is 49.1. The van der Waals surface area contributed by atoms with Crippen LogP contribution in [0, 0.1) is 5.92 Å². The predicted octanol–water partition coefficient (Wildman–Crippen LogP) is 19.4. The molecule has 7 rings (SSSR count). The van der Waals surface area contributed by atoms with E-state index in [1.54, 1.807) is 0 Å². The van der Waals surface area contributed by atoms with Crippen molar-refractivity contribution in [1.82, 2.24) is 0 Å². The van der Waals surface area contributed by atoms with E-state index in [2.05, 4.69) is 241 Å². The number of hydrogen-bond donors (Lipinski definition) is 0. The molecule has 2 aliphatic rings. The van der Waals surface area contributed by atoms with Gasteiger partial charge in [-0.3, -0.25) is 0 Å². The van der Waals surface area contributed by atoms with Gasteiger partial charge in [-0.1, -0.05) is 0 Å². The molecular weight excluding hydrogens is 935 g/mol. The van der Waals surface area contributed by atoms with Gasteiger partial charge < -0.3 is 0 Å². The molecule has 0 amide bonds. The minimum atomic E-state index is -5.16. The van der Waals surface area contributed by atoms with Crippen LogP contribution < -0.4 is 0 Å². The molecule has 351 valence electrons. The molecule has 0 bridgehead atoms. The molecule has 0 saturated carbocycles. The van der Waals surface area contributed by atoms with E-state index in [1.807, 2.05) is 0 Å². The minimum absolute atomic E-state index is 0.00469. The van der Waals surface area contributed by atoms with Crippen LogP contribution in [0.2, 0.25) is 13.1 Å². The first-order valence-corrected chi connectivity index (χ1v) is 41.1. The second kappa shape index (κ2) is 17.0. The zero-order valence-corrected chi connectivity index (χ0v) is 49.5. The van der Waals surface area contributed by atoms with E-state index in [1.165, 1.54) is 94.6 Å². The molecular formula is C62H81Cl2SiZr. The SMILES string of the molecule is CC1=Cc2c(-c3cc(C(C)(C)C)cc(C(C)(C)C)c3)cc(-c3cc(C(C)(C)C)cc(C(C)(C)C)c3)cc2[CH]1[Zr]([Cl])([Cl])([CH]1C(C(C)C)=Cc2c(-c3ccc(C(C)(C)C)cc3)cccc21)[SiH](C)C. The Bertz CT molecular complexity index is 2700. The first-order chi connectivity index (χ1) is 30.1. The Kier molecular flexibility index (Phi) is 13.2. The molecule has 2 aliphatic carbocycles. The molecule has 0 radical (unpaired) electrons. The van der Waals surface area contributed by atoms with Crippen LogP contribution in [-0.4, -0.2) is 5.92 Å². The molecule has 2 atom stereocenters. The third kappa shape index (κ3) is 9.23. The van der Waals surface area contributed by atoms with Gasteiger partial charge in [0.1, 0.15) is 0 Å². The zero-order valence-electron chi connectivity index (χ0n) is 44.4. The summed E-state index contributed by atoms with van der Waals surface area (Å²) in [6.45, 7) is 47.0. The molecule has 0 aliphatic heterocycles. The van der Waals surface area contributed by atoms with Gasteiger partial charge in [0.2, 0.25) is 0 Å². The van der Waals surface area contributed by atoms with Crippen molar-refractivity contribution in [3.8, 4) is 33.4 Å². The second-order valence-electron chi connectivity index (χ2n) is 26.2. The summed E-state index contributed by atoms with van der Waals surface area (Å²) in [5, 5.41) is 0. The van der Waals surface area contributed by atoms with E-state index in [0.717, 1.165) is 0 Å². The molecule has 66 heavy (non-hydrogen) atoms. The summed E-state index contributed by atoms with van der Waals surface area (Å²) in [4.78, 5) is 0. The van der Waals surface area contributed by atoms with Crippen molar-refractivity contribution in [2.24, 2.45) is 5.92 Å². The van der Waals surface area contributed by atoms with Gasteiger partial charge in [0.15, 0.2) is 0 Å². The Balaban J connectivity index is 1.56. The summed E-state index contributed by atoms with van der Waals surface area (Å²) in [5.74, 6) is -1.53. The van der Waals surface area contributed by atoms with Gasteiger partial charge in [-0.05, 0) is 0 Å². The molecule has 0 heterocycles. The van der Waals surface area contributed by atoms with Crippen LogP contribution in [0.1, 0.15) is 182 Å². The fraction of sp³-hybridized carbons (Fsp3) is 0.452. The van der Waals surface area contributed by atoms with Crippen LogP contribution in [0.15, 0.2) is 102 Å². The average Bonchev–Trinajstić information content (AvgIpc) is 3.78. The molecule has 4 heteroatoms. The Labute approximate surface area is 410 Å². The summed E-state index contributed by atoms with van der Waals surface area (Å²) in [5.41, 5.74) is 22.4. The van der Waals surface area contributed by atoms with Gasteiger partial charge in [-0.2, -0.15) is 0 Å². The Morgan fingerprint density at radius 1 is 0.455 bits per heavy atom. The molecule has 2 unspecified atom stereocenters. The number of rotatable bonds is 7. The van der Waals surface area contributed by atoms with Crippen LogP contribution in [0.3, 0.4) is 0 Å². The normalized spacial score (nSPS) is 17.7. The fourth-order valence-corrected chi connectivity index (χ4v) is 43.0. The number of allylic oxidation sites excluding steroid dienone is 2. The predicted molar refractivity (Wildman–Crippen MR) is 295 cm³/mol. The Hall–Kier alpha value is -2.74. The van der Waals surface area contributed by atoms with E-state index >= 15 is 0 Å². The molecule has 0 fully saturated rings. The van der Waals surface area contributed by atoms with Crippen LogP contribution in [0.5, 0.6) is 0 Å². The first-order valence-electron chi connectivity index (χ1n) is 24.8. The third-order valence-electron chi connectivity index (χ3n) is 15.4. The molecule has 5 aromatic rings. The van der Waals surface area contributed by atoms with Gasteiger partial charge in [-0.25, -0.2) is 0 Å². The average molecular weight is 1020 g/mol. The topological polar surface area (TPSA) is 0 Å². The maximum atomic E-state index is 9.09. The van der Waals surface area contributed by atoms with Crippen molar-refractivity contribution in [3.05, 3.63) is 152 Å². The standard InChI is InChI=1S/C38H49.C22H25.C2H7Si.2ClH.Zr/c1-24-14-27-16-25(26-17-29(35(2,3)4)22-30(18-26)36(5,6)7)21-34(33(27)15-24)28-19-31(37(8,9)10)23-32(20-28)38(11,12)13;1-15(2)18-13-17-7-6-8-20(21(17)14-18)16-9-11-19(12-10-16)22(3,4)5;1-3-2;;;/h14-23H,1-13H3;6-15H,1-5H3;3H,1-2H3;2*1H;/q;;;;;+2/p-2.